The summed E-state index contributed by atoms with van der Waals surface area (Å²) in [6, 6.07) is 24.0. The summed E-state index contributed by atoms with van der Waals surface area (Å²) in [5.74, 6) is 0. The van der Waals surface area contributed by atoms with Crippen LogP contribution in [0.3, 0.4) is 0 Å². The molecule has 0 aliphatic heterocycles. The third-order valence-corrected chi connectivity index (χ3v) is 5.15. The van der Waals surface area contributed by atoms with Gasteiger partial charge >= 0.3 is 7.12 Å². The number of rotatable bonds is 5. The molecule has 2 N–H and O–H groups in total. The van der Waals surface area contributed by atoms with Crippen molar-refractivity contribution >= 4 is 35.6 Å². The standard InChI is InChI=1S/C25H22BNO2/c1-3-7-22-23-8-5-6-9-25(23)27(24(22)4-2)21-16-12-19(13-17-21)18-10-14-20(15-11-18)26(28)29/h3-17,28-29H,2H2,1H3/b7-3-. The zero-order valence-corrected chi connectivity index (χ0v) is 16.3. The van der Waals surface area contributed by atoms with Crippen LogP contribution in [-0.2, 0) is 0 Å². The number of hydrogen-bond acceptors (Lipinski definition) is 2. The molecule has 4 rings (SSSR count). The van der Waals surface area contributed by atoms with Gasteiger partial charge in [-0.3, -0.25) is 0 Å². The van der Waals surface area contributed by atoms with Crippen molar-refractivity contribution in [3.05, 3.63) is 96.7 Å². The molecule has 0 aliphatic carbocycles. The highest BCUT2D eigenvalue weighted by Crippen LogP contribution is 2.32. The van der Waals surface area contributed by atoms with Crippen LogP contribution < -0.4 is 5.46 Å². The van der Waals surface area contributed by atoms with E-state index in [-0.39, 0.29) is 0 Å². The van der Waals surface area contributed by atoms with Crippen molar-refractivity contribution in [1.29, 1.82) is 0 Å². The Bertz CT molecular complexity index is 1190. The number of nitrogens with zero attached hydrogens (tertiary/aromatic N) is 1. The molecule has 0 aliphatic rings. The van der Waals surface area contributed by atoms with Crippen LogP contribution in [0.5, 0.6) is 0 Å². The van der Waals surface area contributed by atoms with Gasteiger partial charge in [0.25, 0.3) is 0 Å². The predicted molar refractivity (Wildman–Crippen MR) is 123 cm³/mol. The molecule has 1 heterocycles. The molecule has 0 spiro atoms. The first kappa shape index (κ1) is 19.0. The Morgan fingerprint density at radius 2 is 1.48 bits per heavy atom. The number of aromatic nitrogens is 1. The number of para-hydroxylation sites is 1. The average Bonchev–Trinajstić information content (AvgIpc) is 3.08. The minimum absolute atomic E-state index is 0.483. The second-order valence-corrected chi connectivity index (χ2v) is 6.90. The fraction of sp³-hybridized carbons (Fsp3) is 0.0400. The van der Waals surface area contributed by atoms with E-state index in [4.69, 9.17) is 0 Å². The molecule has 142 valence electrons. The molecule has 0 radical (unpaired) electrons. The first-order chi connectivity index (χ1) is 14.1. The molecule has 3 nitrogen and oxygen atoms in total. The molecule has 4 heteroatoms. The molecule has 1 aromatic heterocycles. The Hall–Kier alpha value is -3.34. The van der Waals surface area contributed by atoms with Gasteiger partial charge in [0.2, 0.25) is 0 Å². The number of hydrogen-bond donors (Lipinski definition) is 2. The monoisotopic (exact) mass is 379 g/mol. The van der Waals surface area contributed by atoms with E-state index in [0.29, 0.717) is 5.46 Å². The Kier molecular flexibility index (Phi) is 5.21. The van der Waals surface area contributed by atoms with E-state index >= 15 is 0 Å². The van der Waals surface area contributed by atoms with Crippen LogP contribution in [-0.4, -0.2) is 21.7 Å². The van der Waals surface area contributed by atoms with Crippen LogP contribution in [0.2, 0.25) is 0 Å². The van der Waals surface area contributed by atoms with E-state index in [1.54, 1.807) is 12.1 Å². The average molecular weight is 379 g/mol. The van der Waals surface area contributed by atoms with Gasteiger partial charge in [-0.25, -0.2) is 0 Å². The molecular weight excluding hydrogens is 357 g/mol. The van der Waals surface area contributed by atoms with Gasteiger partial charge in [-0.15, -0.1) is 0 Å². The minimum Gasteiger partial charge on any atom is -0.423 e. The quantitative estimate of drug-likeness (QED) is 0.496. The van der Waals surface area contributed by atoms with E-state index < -0.39 is 7.12 Å². The minimum atomic E-state index is -1.45. The van der Waals surface area contributed by atoms with Crippen LogP contribution in [0.1, 0.15) is 18.2 Å². The molecular formula is C25H22BNO2. The van der Waals surface area contributed by atoms with E-state index in [0.717, 1.165) is 28.0 Å². The van der Waals surface area contributed by atoms with Gasteiger partial charge in [0, 0.05) is 16.6 Å². The molecule has 3 aromatic carbocycles. The maximum atomic E-state index is 9.26. The Labute approximate surface area is 171 Å². The van der Waals surface area contributed by atoms with Gasteiger partial charge in [0.1, 0.15) is 0 Å². The maximum Gasteiger partial charge on any atom is 0.488 e. The van der Waals surface area contributed by atoms with Crippen molar-refractivity contribution in [2.45, 2.75) is 6.92 Å². The molecule has 0 atom stereocenters. The van der Waals surface area contributed by atoms with Crippen LogP contribution in [0.25, 0.3) is 39.9 Å². The van der Waals surface area contributed by atoms with Gasteiger partial charge in [0.05, 0.1) is 11.2 Å². The summed E-state index contributed by atoms with van der Waals surface area (Å²) in [4.78, 5) is 0. The van der Waals surface area contributed by atoms with Gasteiger partial charge < -0.3 is 14.6 Å². The topological polar surface area (TPSA) is 45.4 Å². The van der Waals surface area contributed by atoms with Gasteiger partial charge in [-0.05, 0) is 47.8 Å². The molecule has 4 aromatic rings. The van der Waals surface area contributed by atoms with Crippen molar-refractivity contribution in [2.75, 3.05) is 0 Å². The van der Waals surface area contributed by atoms with E-state index in [2.05, 4.69) is 71.8 Å². The van der Waals surface area contributed by atoms with Gasteiger partial charge in [-0.2, -0.15) is 0 Å². The second kappa shape index (κ2) is 7.96. The molecule has 29 heavy (non-hydrogen) atoms. The Balaban J connectivity index is 1.80. The normalized spacial score (nSPS) is 11.3. The lowest BCUT2D eigenvalue weighted by molar-refractivity contribution is 0.426. The van der Waals surface area contributed by atoms with Crippen LogP contribution in [0.15, 0.2) is 85.5 Å². The number of allylic oxidation sites excluding steroid dienone is 1. The summed E-state index contributed by atoms with van der Waals surface area (Å²) >= 11 is 0. The summed E-state index contributed by atoms with van der Waals surface area (Å²) in [6.07, 6.45) is 6.08. The van der Waals surface area contributed by atoms with Gasteiger partial charge in [-0.1, -0.05) is 73.3 Å². The molecule has 0 fully saturated rings. The first-order valence-electron chi connectivity index (χ1n) is 9.59. The zero-order chi connectivity index (χ0) is 20.4. The Morgan fingerprint density at radius 1 is 0.862 bits per heavy atom. The fourth-order valence-corrected chi connectivity index (χ4v) is 3.76. The van der Waals surface area contributed by atoms with Crippen molar-refractivity contribution in [3.63, 3.8) is 0 Å². The van der Waals surface area contributed by atoms with Crippen LogP contribution in [0.4, 0.5) is 0 Å². The summed E-state index contributed by atoms with van der Waals surface area (Å²) in [6.45, 7) is 6.07. The lowest BCUT2D eigenvalue weighted by atomic mass is 9.80. The highest BCUT2D eigenvalue weighted by Gasteiger charge is 2.14. The fourth-order valence-electron chi connectivity index (χ4n) is 3.76. The molecule has 0 saturated heterocycles. The van der Waals surface area contributed by atoms with Crippen molar-refractivity contribution in [3.8, 4) is 16.8 Å². The molecule has 0 amide bonds. The van der Waals surface area contributed by atoms with Gasteiger partial charge in [0.15, 0.2) is 0 Å². The Morgan fingerprint density at radius 3 is 2.07 bits per heavy atom. The predicted octanol–water partition coefficient (Wildman–Crippen LogP) is 4.65. The van der Waals surface area contributed by atoms with E-state index in [9.17, 15) is 10.0 Å². The van der Waals surface area contributed by atoms with Crippen molar-refractivity contribution in [1.82, 2.24) is 4.57 Å². The molecule has 0 unspecified atom stereocenters. The summed E-state index contributed by atoms with van der Waals surface area (Å²) in [7, 11) is -1.45. The third-order valence-electron chi connectivity index (χ3n) is 5.15. The molecule has 0 bridgehead atoms. The second-order valence-electron chi connectivity index (χ2n) is 6.90. The SMILES string of the molecule is C=Cc1c(/C=C\C)c2ccccc2n1-c1ccc(-c2ccc(B(O)O)cc2)cc1. The van der Waals surface area contributed by atoms with Crippen molar-refractivity contribution < 1.29 is 10.0 Å². The van der Waals surface area contributed by atoms with Crippen LogP contribution >= 0.6 is 0 Å². The maximum absolute atomic E-state index is 9.26. The lowest BCUT2D eigenvalue weighted by Gasteiger charge is -2.11. The highest BCUT2D eigenvalue weighted by atomic mass is 16.4. The first-order valence-corrected chi connectivity index (χ1v) is 9.59. The summed E-state index contributed by atoms with van der Waals surface area (Å²) < 4.78 is 2.23. The third kappa shape index (κ3) is 3.44. The van der Waals surface area contributed by atoms with Crippen LogP contribution in [0, 0.1) is 0 Å². The van der Waals surface area contributed by atoms with E-state index in [1.807, 2.05) is 25.1 Å². The zero-order valence-electron chi connectivity index (χ0n) is 16.3. The lowest BCUT2D eigenvalue weighted by Crippen LogP contribution is -2.29. The highest BCUT2D eigenvalue weighted by molar-refractivity contribution is 6.58. The van der Waals surface area contributed by atoms with E-state index in [1.165, 1.54) is 10.9 Å². The molecule has 0 saturated carbocycles. The van der Waals surface area contributed by atoms with Crippen molar-refractivity contribution in [2.24, 2.45) is 0 Å². The smallest absolute Gasteiger partial charge is 0.423 e. The summed E-state index contributed by atoms with van der Waals surface area (Å²) in [5, 5.41) is 19.7. The largest absolute Gasteiger partial charge is 0.488 e. The number of benzene rings is 3. The number of fused-ring (bicyclic) bond motifs is 1. The summed E-state index contributed by atoms with van der Waals surface area (Å²) in [5.41, 5.74) is 7.02.